The van der Waals surface area contributed by atoms with Crippen molar-refractivity contribution in [2.24, 2.45) is 0 Å². The Morgan fingerprint density at radius 1 is 1.22 bits per heavy atom. The van der Waals surface area contributed by atoms with Crippen molar-refractivity contribution in [3.05, 3.63) is 23.8 Å². The normalized spacial score (nSPS) is 14.9. The van der Waals surface area contributed by atoms with Crippen molar-refractivity contribution in [2.75, 3.05) is 19.0 Å². The summed E-state index contributed by atoms with van der Waals surface area (Å²) in [5.41, 5.74) is 1.54. The number of hydrogen-bond donors (Lipinski definition) is 3. The summed E-state index contributed by atoms with van der Waals surface area (Å²) >= 11 is 0. The summed E-state index contributed by atoms with van der Waals surface area (Å²) in [5.74, 6) is 0.321. The summed E-state index contributed by atoms with van der Waals surface area (Å²) < 4.78 is 5.24. The lowest BCUT2D eigenvalue weighted by Crippen LogP contribution is -2.45. The third kappa shape index (κ3) is 5.16. The highest BCUT2D eigenvalue weighted by Crippen LogP contribution is 2.27. The van der Waals surface area contributed by atoms with E-state index in [2.05, 4.69) is 16.0 Å². The Kier molecular flexibility index (Phi) is 6.26. The van der Waals surface area contributed by atoms with Crippen LogP contribution in [-0.2, 0) is 4.79 Å². The van der Waals surface area contributed by atoms with Gasteiger partial charge in [0.2, 0.25) is 5.91 Å². The first-order valence-corrected chi connectivity index (χ1v) is 8.08. The molecule has 6 nitrogen and oxygen atoms in total. The fraction of sp³-hybridized carbons (Fsp3) is 0.529. The molecular formula is C17H25N3O3. The number of aryl methyl sites for hydroxylation is 1. The van der Waals surface area contributed by atoms with Crippen LogP contribution in [0.5, 0.6) is 5.75 Å². The van der Waals surface area contributed by atoms with Crippen molar-refractivity contribution in [1.29, 1.82) is 0 Å². The standard InChI is InChI=1S/C17H25N3O3/c1-12-7-6-10-14(23-2)16(12)20-15(21)11-18-17(22)19-13-8-4-3-5-9-13/h6-7,10,13H,3-5,8-9,11H2,1-2H3,(H,20,21)(H2,18,19,22). The fourth-order valence-electron chi connectivity index (χ4n) is 2.80. The molecule has 0 aromatic heterocycles. The van der Waals surface area contributed by atoms with Crippen molar-refractivity contribution >= 4 is 17.6 Å². The lowest BCUT2D eigenvalue weighted by Gasteiger charge is -2.22. The van der Waals surface area contributed by atoms with Crippen LogP contribution in [0.25, 0.3) is 0 Å². The molecule has 2 rings (SSSR count). The molecule has 0 unspecified atom stereocenters. The summed E-state index contributed by atoms with van der Waals surface area (Å²) in [7, 11) is 1.56. The van der Waals surface area contributed by atoms with Crippen molar-refractivity contribution in [3.8, 4) is 5.75 Å². The van der Waals surface area contributed by atoms with Gasteiger partial charge < -0.3 is 20.7 Å². The van der Waals surface area contributed by atoms with Crippen LogP contribution >= 0.6 is 0 Å². The quantitative estimate of drug-likeness (QED) is 0.780. The molecule has 0 atom stereocenters. The summed E-state index contributed by atoms with van der Waals surface area (Å²) in [4.78, 5) is 23.9. The molecule has 0 heterocycles. The number of anilines is 1. The Balaban J connectivity index is 1.80. The second-order valence-electron chi connectivity index (χ2n) is 5.86. The molecule has 126 valence electrons. The smallest absolute Gasteiger partial charge is 0.315 e. The van der Waals surface area contributed by atoms with Crippen molar-refractivity contribution in [1.82, 2.24) is 10.6 Å². The van der Waals surface area contributed by atoms with E-state index >= 15 is 0 Å². The monoisotopic (exact) mass is 319 g/mol. The maximum atomic E-state index is 12.0. The van der Waals surface area contributed by atoms with Gasteiger partial charge in [0.1, 0.15) is 5.75 Å². The molecule has 6 heteroatoms. The summed E-state index contributed by atoms with van der Waals surface area (Å²) in [6, 6.07) is 5.47. The number of methoxy groups -OCH3 is 1. The number of ether oxygens (including phenoxy) is 1. The van der Waals surface area contributed by atoms with E-state index in [4.69, 9.17) is 4.74 Å². The van der Waals surface area contributed by atoms with Gasteiger partial charge in [-0.05, 0) is 31.4 Å². The molecule has 1 fully saturated rings. The van der Waals surface area contributed by atoms with Gasteiger partial charge in [0.25, 0.3) is 0 Å². The molecule has 0 aliphatic heterocycles. The highest BCUT2D eigenvalue weighted by Gasteiger charge is 2.16. The first-order chi connectivity index (χ1) is 11.1. The number of para-hydroxylation sites is 1. The number of carbonyl (C=O) groups is 2. The van der Waals surface area contributed by atoms with E-state index in [1.54, 1.807) is 13.2 Å². The summed E-state index contributed by atoms with van der Waals surface area (Å²) in [5, 5.41) is 8.30. The average molecular weight is 319 g/mol. The summed E-state index contributed by atoms with van der Waals surface area (Å²) in [6.45, 7) is 1.82. The van der Waals surface area contributed by atoms with E-state index < -0.39 is 0 Å². The van der Waals surface area contributed by atoms with Crippen LogP contribution in [0.4, 0.5) is 10.5 Å². The third-order valence-electron chi connectivity index (χ3n) is 4.07. The maximum Gasteiger partial charge on any atom is 0.315 e. The molecule has 1 aliphatic rings. The number of urea groups is 1. The molecule has 0 bridgehead atoms. The zero-order valence-corrected chi connectivity index (χ0v) is 13.8. The predicted molar refractivity (Wildman–Crippen MR) is 89.8 cm³/mol. The van der Waals surface area contributed by atoms with E-state index in [-0.39, 0.29) is 24.5 Å². The zero-order valence-electron chi connectivity index (χ0n) is 13.8. The van der Waals surface area contributed by atoms with Gasteiger partial charge >= 0.3 is 6.03 Å². The maximum absolute atomic E-state index is 12.0. The molecule has 1 aromatic rings. The van der Waals surface area contributed by atoms with Crippen LogP contribution in [0.3, 0.4) is 0 Å². The van der Waals surface area contributed by atoms with E-state index in [0.717, 1.165) is 31.2 Å². The van der Waals surface area contributed by atoms with Crippen LogP contribution in [-0.4, -0.2) is 31.6 Å². The number of amides is 3. The molecule has 0 saturated heterocycles. The van der Waals surface area contributed by atoms with Crippen LogP contribution in [0.2, 0.25) is 0 Å². The molecule has 3 N–H and O–H groups in total. The van der Waals surface area contributed by atoms with Crippen LogP contribution < -0.4 is 20.7 Å². The average Bonchev–Trinajstić information content (AvgIpc) is 2.56. The molecule has 23 heavy (non-hydrogen) atoms. The minimum atomic E-state index is -0.288. The highest BCUT2D eigenvalue weighted by atomic mass is 16.5. The van der Waals surface area contributed by atoms with Gasteiger partial charge in [0.15, 0.2) is 0 Å². The number of rotatable bonds is 5. The number of nitrogens with one attached hydrogen (secondary N) is 3. The Morgan fingerprint density at radius 3 is 2.65 bits per heavy atom. The zero-order chi connectivity index (χ0) is 16.7. The lowest BCUT2D eigenvalue weighted by molar-refractivity contribution is -0.115. The van der Waals surface area contributed by atoms with Gasteiger partial charge in [-0.2, -0.15) is 0 Å². The predicted octanol–water partition coefficient (Wildman–Crippen LogP) is 2.57. The highest BCUT2D eigenvalue weighted by molar-refractivity contribution is 5.96. The molecule has 0 spiro atoms. The minimum Gasteiger partial charge on any atom is -0.495 e. The fourth-order valence-corrected chi connectivity index (χ4v) is 2.80. The van der Waals surface area contributed by atoms with Crippen molar-refractivity contribution in [3.63, 3.8) is 0 Å². The van der Waals surface area contributed by atoms with Gasteiger partial charge in [-0.15, -0.1) is 0 Å². The SMILES string of the molecule is COc1cccc(C)c1NC(=O)CNC(=O)NC1CCCCC1. The minimum absolute atomic E-state index is 0.0734. The van der Waals surface area contributed by atoms with Crippen molar-refractivity contribution < 1.29 is 14.3 Å². The van der Waals surface area contributed by atoms with Gasteiger partial charge in [0.05, 0.1) is 19.3 Å². The van der Waals surface area contributed by atoms with Gasteiger partial charge in [-0.3, -0.25) is 4.79 Å². The number of carbonyl (C=O) groups excluding carboxylic acids is 2. The van der Waals surface area contributed by atoms with Gasteiger partial charge in [-0.25, -0.2) is 4.79 Å². The van der Waals surface area contributed by atoms with Crippen molar-refractivity contribution in [2.45, 2.75) is 45.1 Å². The third-order valence-corrected chi connectivity index (χ3v) is 4.07. The van der Waals surface area contributed by atoms with E-state index in [9.17, 15) is 9.59 Å². The lowest BCUT2D eigenvalue weighted by atomic mass is 9.96. The summed E-state index contributed by atoms with van der Waals surface area (Å²) in [6.07, 6.45) is 5.57. The molecule has 1 saturated carbocycles. The van der Waals surface area contributed by atoms with Crippen LogP contribution in [0.15, 0.2) is 18.2 Å². The molecule has 3 amide bonds. The Bertz CT molecular complexity index is 554. The second kappa shape index (κ2) is 8.41. The topological polar surface area (TPSA) is 79.5 Å². The van der Waals surface area contributed by atoms with Crippen LogP contribution in [0, 0.1) is 6.92 Å². The first kappa shape index (κ1) is 17.1. The Labute approximate surface area is 137 Å². The van der Waals surface area contributed by atoms with Gasteiger partial charge in [-0.1, -0.05) is 31.4 Å². The molecule has 1 aromatic carbocycles. The van der Waals surface area contributed by atoms with E-state index in [1.165, 1.54) is 6.42 Å². The molecule has 0 radical (unpaired) electrons. The molecule has 1 aliphatic carbocycles. The Morgan fingerprint density at radius 2 is 1.96 bits per heavy atom. The molecular weight excluding hydrogens is 294 g/mol. The van der Waals surface area contributed by atoms with E-state index in [0.29, 0.717) is 11.4 Å². The first-order valence-electron chi connectivity index (χ1n) is 8.08. The van der Waals surface area contributed by atoms with Crippen LogP contribution in [0.1, 0.15) is 37.7 Å². The Hall–Kier alpha value is -2.24. The number of benzene rings is 1. The second-order valence-corrected chi connectivity index (χ2v) is 5.86. The van der Waals surface area contributed by atoms with E-state index in [1.807, 2.05) is 19.1 Å². The number of hydrogen-bond acceptors (Lipinski definition) is 3. The van der Waals surface area contributed by atoms with Gasteiger partial charge in [0, 0.05) is 6.04 Å². The largest absolute Gasteiger partial charge is 0.495 e.